The highest BCUT2D eigenvalue weighted by Gasteiger charge is 2.10. The Morgan fingerprint density at radius 2 is 1.93 bits per heavy atom. The van der Waals surface area contributed by atoms with Crippen molar-refractivity contribution in [2.75, 3.05) is 5.43 Å². The zero-order chi connectivity index (χ0) is 19.0. The molecule has 0 spiro atoms. The zero-order valence-electron chi connectivity index (χ0n) is 15.3. The second kappa shape index (κ2) is 7.18. The second-order valence-corrected chi connectivity index (χ2v) is 7.89. The molecule has 2 aromatic heterocycles. The number of thiazole rings is 1. The molecular formula is C21H19ClN4S. The highest BCUT2D eigenvalue weighted by Crippen LogP contribution is 2.26. The van der Waals surface area contributed by atoms with Gasteiger partial charge in [0.25, 0.3) is 0 Å². The number of hydrogen-bond acceptors (Lipinski definition) is 4. The van der Waals surface area contributed by atoms with E-state index in [1.807, 2.05) is 43.5 Å². The largest absolute Gasteiger partial charge is 0.318 e. The van der Waals surface area contributed by atoms with Crippen LogP contribution in [-0.4, -0.2) is 15.8 Å². The first-order chi connectivity index (χ1) is 13.0. The van der Waals surface area contributed by atoms with Crippen LogP contribution in [0, 0.1) is 20.8 Å². The molecule has 136 valence electrons. The Kier molecular flexibility index (Phi) is 4.72. The molecule has 2 aromatic carbocycles. The number of nitrogens with zero attached hydrogens (tertiary/aromatic N) is 3. The first-order valence-electron chi connectivity index (χ1n) is 8.63. The van der Waals surface area contributed by atoms with Gasteiger partial charge in [0.2, 0.25) is 5.13 Å². The molecule has 4 aromatic rings. The molecule has 0 saturated carbocycles. The van der Waals surface area contributed by atoms with Crippen LogP contribution >= 0.6 is 22.9 Å². The number of fused-ring (bicyclic) bond motifs is 1. The number of aromatic nitrogens is 2. The smallest absolute Gasteiger partial charge is 0.204 e. The highest BCUT2D eigenvalue weighted by atomic mass is 35.5. The van der Waals surface area contributed by atoms with Gasteiger partial charge in [-0.05, 0) is 56.7 Å². The van der Waals surface area contributed by atoms with Gasteiger partial charge < -0.3 is 4.57 Å². The SMILES string of the molecule is Cc1ccc(-n2c(C)cc(/C=N\Nc3nc4ccccc4s3)c2C)cc1Cl. The van der Waals surface area contributed by atoms with E-state index in [9.17, 15) is 0 Å². The zero-order valence-corrected chi connectivity index (χ0v) is 16.9. The van der Waals surface area contributed by atoms with Crippen molar-refractivity contribution in [3.8, 4) is 5.69 Å². The Morgan fingerprint density at radius 1 is 1.11 bits per heavy atom. The minimum Gasteiger partial charge on any atom is -0.318 e. The lowest BCUT2D eigenvalue weighted by atomic mass is 10.2. The molecule has 1 N–H and O–H groups in total. The third-order valence-electron chi connectivity index (χ3n) is 4.54. The minimum absolute atomic E-state index is 0.771. The van der Waals surface area contributed by atoms with Gasteiger partial charge in [0.1, 0.15) is 0 Å². The molecule has 0 unspecified atom stereocenters. The van der Waals surface area contributed by atoms with Gasteiger partial charge in [0.05, 0.1) is 16.4 Å². The molecular weight excluding hydrogens is 376 g/mol. The van der Waals surface area contributed by atoms with Crippen LogP contribution in [0.4, 0.5) is 5.13 Å². The van der Waals surface area contributed by atoms with Crippen LogP contribution in [0.3, 0.4) is 0 Å². The van der Waals surface area contributed by atoms with Gasteiger partial charge in [0, 0.05) is 27.7 Å². The summed E-state index contributed by atoms with van der Waals surface area (Å²) in [4.78, 5) is 4.53. The van der Waals surface area contributed by atoms with E-state index in [2.05, 4.69) is 52.1 Å². The third-order valence-corrected chi connectivity index (χ3v) is 5.89. The van der Waals surface area contributed by atoms with Crippen LogP contribution in [0.25, 0.3) is 15.9 Å². The van der Waals surface area contributed by atoms with Crippen molar-refractivity contribution < 1.29 is 0 Å². The molecule has 0 aliphatic heterocycles. The van der Waals surface area contributed by atoms with E-state index in [1.165, 1.54) is 0 Å². The fraction of sp³-hybridized carbons (Fsp3) is 0.143. The number of benzene rings is 2. The molecule has 4 rings (SSSR count). The van der Waals surface area contributed by atoms with Crippen LogP contribution in [0.5, 0.6) is 0 Å². The lowest BCUT2D eigenvalue weighted by Crippen LogP contribution is -2.00. The molecule has 0 atom stereocenters. The van der Waals surface area contributed by atoms with Gasteiger partial charge in [-0.2, -0.15) is 5.10 Å². The average molecular weight is 395 g/mol. The molecule has 0 bridgehead atoms. The molecule has 0 fully saturated rings. The van der Waals surface area contributed by atoms with E-state index in [1.54, 1.807) is 11.3 Å². The molecule has 0 aliphatic carbocycles. The Bertz CT molecular complexity index is 1120. The van der Waals surface area contributed by atoms with E-state index in [-0.39, 0.29) is 0 Å². The molecule has 0 radical (unpaired) electrons. The van der Waals surface area contributed by atoms with Crippen molar-refractivity contribution >= 4 is 44.5 Å². The molecule has 0 aliphatic rings. The predicted octanol–water partition coefficient (Wildman–Crippen LogP) is 6.11. The van der Waals surface area contributed by atoms with Crippen LogP contribution in [0.1, 0.15) is 22.5 Å². The first kappa shape index (κ1) is 17.8. The molecule has 2 heterocycles. The number of hydrazone groups is 1. The number of rotatable bonds is 4. The number of anilines is 1. The van der Waals surface area contributed by atoms with E-state index >= 15 is 0 Å². The van der Waals surface area contributed by atoms with Crippen molar-refractivity contribution in [1.82, 2.24) is 9.55 Å². The Balaban J connectivity index is 1.59. The molecule has 4 nitrogen and oxygen atoms in total. The Labute approximate surface area is 167 Å². The monoisotopic (exact) mass is 394 g/mol. The molecule has 0 amide bonds. The first-order valence-corrected chi connectivity index (χ1v) is 9.82. The van der Waals surface area contributed by atoms with E-state index < -0.39 is 0 Å². The van der Waals surface area contributed by atoms with E-state index in [0.29, 0.717) is 0 Å². The fourth-order valence-electron chi connectivity index (χ4n) is 3.11. The second-order valence-electron chi connectivity index (χ2n) is 6.45. The van der Waals surface area contributed by atoms with E-state index in [4.69, 9.17) is 11.6 Å². The number of para-hydroxylation sites is 1. The van der Waals surface area contributed by atoms with Gasteiger partial charge in [-0.1, -0.05) is 41.1 Å². The quantitative estimate of drug-likeness (QED) is 0.335. The van der Waals surface area contributed by atoms with Crippen LogP contribution in [0.15, 0.2) is 53.6 Å². The normalized spacial score (nSPS) is 11.6. The summed E-state index contributed by atoms with van der Waals surface area (Å²) < 4.78 is 3.33. The standard InChI is InChI=1S/C21H19ClN4S/c1-13-8-9-17(11-18(13)22)26-14(2)10-16(15(26)3)12-23-25-21-24-19-6-4-5-7-20(19)27-21/h4-12H,1-3H3,(H,24,25)/b23-12-. The van der Waals surface area contributed by atoms with Crippen molar-refractivity contribution in [2.45, 2.75) is 20.8 Å². The molecule has 27 heavy (non-hydrogen) atoms. The summed E-state index contributed by atoms with van der Waals surface area (Å²) >= 11 is 7.89. The third kappa shape index (κ3) is 3.48. The highest BCUT2D eigenvalue weighted by molar-refractivity contribution is 7.22. The Morgan fingerprint density at radius 3 is 2.70 bits per heavy atom. The summed E-state index contributed by atoms with van der Waals surface area (Å²) in [7, 11) is 0. The van der Waals surface area contributed by atoms with Gasteiger partial charge in [-0.15, -0.1) is 0 Å². The maximum absolute atomic E-state index is 6.30. The minimum atomic E-state index is 0.771. The van der Waals surface area contributed by atoms with Crippen molar-refractivity contribution in [1.29, 1.82) is 0 Å². The number of aryl methyl sites for hydroxylation is 2. The summed E-state index contributed by atoms with van der Waals surface area (Å²) in [6.07, 6.45) is 1.83. The van der Waals surface area contributed by atoms with Gasteiger partial charge in [-0.3, -0.25) is 5.43 Å². The summed E-state index contributed by atoms with van der Waals surface area (Å²) in [5, 5.41) is 5.94. The van der Waals surface area contributed by atoms with Gasteiger partial charge >= 0.3 is 0 Å². The van der Waals surface area contributed by atoms with Crippen LogP contribution in [-0.2, 0) is 0 Å². The van der Waals surface area contributed by atoms with Crippen LogP contribution in [0.2, 0.25) is 5.02 Å². The van der Waals surface area contributed by atoms with Crippen molar-refractivity contribution in [3.63, 3.8) is 0 Å². The lowest BCUT2D eigenvalue weighted by Gasteiger charge is -2.11. The summed E-state index contributed by atoms with van der Waals surface area (Å²) in [5.74, 6) is 0. The topological polar surface area (TPSA) is 42.2 Å². The number of hydrogen-bond donors (Lipinski definition) is 1. The number of nitrogens with one attached hydrogen (secondary N) is 1. The van der Waals surface area contributed by atoms with Gasteiger partial charge in [-0.25, -0.2) is 4.98 Å². The Hall–Kier alpha value is -2.63. The molecule has 0 saturated heterocycles. The fourth-order valence-corrected chi connectivity index (χ4v) is 4.10. The average Bonchev–Trinajstić information content (AvgIpc) is 3.18. The lowest BCUT2D eigenvalue weighted by molar-refractivity contribution is 0.964. The van der Waals surface area contributed by atoms with Crippen molar-refractivity contribution in [2.24, 2.45) is 5.10 Å². The number of halogens is 1. The maximum atomic E-state index is 6.30. The van der Waals surface area contributed by atoms with E-state index in [0.717, 1.165) is 48.6 Å². The summed E-state index contributed by atoms with van der Waals surface area (Å²) in [6, 6.07) is 16.3. The predicted molar refractivity (Wildman–Crippen MR) is 116 cm³/mol. The van der Waals surface area contributed by atoms with Gasteiger partial charge in [0.15, 0.2) is 0 Å². The molecule has 6 heteroatoms. The summed E-state index contributed by atoms with van der Waals surface area (Å²) in [5.41, 5.74) is 9.45. The van der Waals surface area contributed by atoms with Crippen molar-refractivity contribution in [3.05, 3.63) is 76.1 Å². The maximum Gasteiger partial charge on any atom is 0.204 e. The summed E-state index contributed by atoms with van der Waals surface area (Å²) in [6.45, 7) is 6.17. The van der Waals surface area contributed by atoms with Crippen LogP contribution < -0.4 is 5.43 Å².